The molecule has 0 bridgehead atoms. The molecule has 0 radical (unpaired) electrons. The number of primary amides is 1. The highest BCUT2D eigenvalue weighted by Gasteiger charge is 2.25. The van der Waals surface area contributed by atoms with E-state index in [1.807, 2.05) is 30.3 Å². The minimum Gasteiger partial charge on any atom is -0.355 e. The quantitative estimate of drug-likeness (QED) is 0.765. The van der Waals surface area contributed by atoms with Crippen LogP contribution in [0.15, 0.2) is 30.3 Å². The summed E-state index contributed by atoms with van der Waals surface area (Å²) in [5.74, 6) is 0. The van der Waals surface area contributed by atoms with Crippen molar-refractivity contribution in [3.63, 3.8) is 0 Å². The Morgan fingerprint density at radius 1 is 1.44 bits per heavy atom. The van der Waals surface area contributed by atoms with Gasteiger partial charge >= 0.3 is 6.03 Å². The Morgan fingerprint density at radius 3 is 2.75 bits per heavy atom. The first-order chi connectivity index (χ1) is 7.79. The third-order valence-corrected chi connectivity index (χ3v) is 2.47. The molecule has 0 spiro atoms. The molecule has 1 atom stereocenters. The lowest BCUT2D eigenvalue weighted by molar-refractivity contribution is 0.0317. The van der Waals surface area contributed by atoms with Crippen LogP contribution >= 0.6 is 0 Å². The zero-order valence-electron chi connectivity index (χ0n) is 8.93. The average Bonchev–Trinajstić information content (AvgIpc) is 2.31. The van der Waals surface area contributed by atoms with E-state index in [0.29, 0.717) is 13.2 Å². The maximum Gasteiger partial charge on any atom is 0.321 e. The minimum atomic E-state index is -0.500. The first kappa shape index (κ1) is 10.9. The Bertz CT molecular complexity index is 350. The van der Waals surface area contributed by atoms with E-state index in [9.17, 15) is 4.79 Å². The molecule has 3 N–H and O–H groups in total. The van der Waals surface area contributed by atoms with Crippen LogP contribution in [0, 0.1) is 0 Å². The van der Waals surface area contributed by atoms with E-state index in [1.54, 1.807) is 0 Å². The molecule has 86 valence electrons. The summed E-state index contributed by atoms with van der Waals surface area (Å²) in [6, 6.07) is 8.79. The van der Waals surface area contributed by atoms with Gasteiger partial charge in [-0.1, -0.05) is 18.2 Å². The topological polar surface area (TPSA) is 67.6 Å². The van der Waals surface area contributed by atoms with Crippen molar-refractivity contribution in [3.05, 3.63) is 30.3 Å². The fourth-order valence-electron chi connectivity index (χ4n) is 1.74. The molecular formula is C11H15N3O2. The minimum absolute atomic E-state index is 0.325. The molecule has 1 aliphatic rings. The number of hydrogen-bond acceptors (Lipinski definition) is 3. The SMILES string of the molecule is NC(=O)N(c1ccccc1)C1CNCCO1. The summed E-state index contributed by atoms with van der Waals surface area (Å²) in [5, 5.41) is 3.17. The van der Waals surface area contributed by atoms with Gasteiger partial charge < -0.3 is 15.8 Å². The molecule has 5 nitrogen and oxygen atoms in total. The van der Waals surface area contributed by atoms with Gasteiger partial charge in [-0.05, 0) is 12.1 Å². The summed E-state index contributed by atoms with van der Waals surface area (Å²) < 4.78 is 5.52. The normalized spacial score (nSPS) is 20.4. The predicted molar refractivity (Wildman–Crippen MR) is 61.1 cm³/mol. The van der Waals surface area contributed by atoms with E-state index in [0.717, 1.165) is 12.2 Å². The second kappa shape index (κ2) is 4.96. The molecule has 2 amide bonds. The fraction of sp³-hybridized carbons (Fsp3) is 0.364. The van der Waals surface area contributed by atoms with Crippen LogP contribution in [0.2, 0.25) is 0 Å². The number of anilines is 1. The summed E-state index contributed by atoms with van der Waals surface area (Å²) in [6.45, 7) is 1.98. The second-order valence-electron chi connectivity index (χ2n) is 3.57. The average molecular weight is 221 g/mol. The number of carbonyl (C=O) groups excluding carboxylic acids is 1. The van der Waals surface area contributed by atoms with Crippen LogP contribution in [-0.2, 0) is 4.74 Å². The van der Waals surface area contributed by atoms with Crippen molar-refractivity contribution in [3.8, 4) is 0 Å². The Balaban J connectivity index is 2.20. The number of rotatable bonds is 2. The van der Waals surface area contributed by atoms with E-state index in [-0.39, 0.29) is 6.23 Å². The van der Waals surface area contributed by atoms with Gasteiger partial charge in [0.05, 0.1) is 6.61 Å². The maximum absolute atomic E-state index is 11.4. The van der Waals surface area contributed by atoms with Crippen molar-refractivity contribution in [2.45, 2.75) is 6.23 Å². The number of urea groups is 1. The first-order valence-corrected chi connectivity index (χ1v) is 5.25. The van der Waals surface area contributed by atoms with Gasteiger partial charge in [0.1, 0.15) is 0 Å². The lowest BCUT2D eigenvalue weighted by atomic mass is 10.2. The number of ether oxygens (including phenoxy) is 1. The van der Waals surface area contributed by atoms with Gasteiger partial charge in [0.25, 0.3) is 0 Å². The van der Waals surface area contributed by atoms with Crippen molar-refractivity contribution < 1.29 is 9.53 Å². The number of benzene rings is 1. The smallest absolute Gasteiger partial charge is 0.321 e. The Morgan fingerprint density at radius 2 is 2.19 bits per heavy atom. The molecule has 0 aromatic heterocycles. The van der Waals surface area contributed by atoms with Gasteiger partial charge in [-0.15, -0.1) is 0 Å². The highest BCUT2D eigenvalue weighted by Crippen LogP contribution is 2.17. The fourth-order valence-corrected chi connectivity index (χ4v) is 1.74. The lowest BCUT2D eigenvalue weighted by Crippen LogP contribution is -2.53. The van der Waals surface area contributed by atoms with Crippen LogP contribution < -0.4 is 16.0 Å². The number of nitrogens with two attached hydrogens (primary N) is 1. The van der Waals surface area contributed by atoms with Crippen LogP contribution in [0.5, 0.6) is 0 Å². The van der Waals surface area contributed by atoms with Crippen LogP contribution in [0.4, 0.5) is 10.5 Å². The van der Waals surface area contributed by atoms with Crippen molar-refractivity contribution in [2.75, 3.05) is 24.6 Å². The molecule has 5 heteroatoms. The van der Waals surface area contributed by atoms with Gasteiger partial charge in [-0.3, -0.25) is 4.90 Å². The van der Waals surface area contributed by atoms with Crippen LogP contribution in [0.25, 0.3) is 0 Å². The van der Waals surface area contributed by atoms with E-state index in [1.165, 1.54) is 4.90 Å². The number of hydrogen-bond donors (Lipinski definition) is 2. The van der Waals surface area contributed by atoms with Crippen LogP contribution in [-0.4, -0.2) is 32.0 Å². The molecule has 2 rings (SSSR count). The summed E-state index contributed by atoms with van der Waals surface area (Å²) in [6.07, 6.45) is -0.325. The predicted octanol–water partition coefficient (Wildman–Crippen LogP) is 0.518. The van der Waals surface area contributed by atoms with Gasteiger partial charge in [0.2, 0.25) is 0 Å². The van der Waals surface area contributed by atoms with E-state index < -0.39 is 6.03 Å². The van der Waals surface area contributed by atoms with Crippen LogP contribution in [0.1, 0.15) is 0 Å². The van der Waals surface area contributed by atoms with Gasteiger partial charge in [-0.25, -0.2) is 4.79 Å². The zero-order chi connectivity index (χ0) is 11.4. The van der Waals surface area contributed by atoms with Crippen molar-refractivity contribution in [2.24, 2.45) is 5.73 Å². The van der Waals surface area contributed by atoms with Crippen LogP contribution in [0.3, 0.4) is 0 Å². The summed E-state index contributed by atoms with van der Waals surface area (Å²) in [5.41, 5.74) is 6.13. The van der Waals surface area contributed by atoms with E-state index in [4.69, 9.17) is 10.5 Å². The number of nitrogens with one attached hydrogen (secondary N) is 1. The Hall–Kier alpha value is -1.59. The molecule has 16 heavy (non-hydrogen) atoms. The van der Waals surface area contributed by atoms with E-state index in [2.05, 4.69) is 5.32 Å². The molecule has 1 aromatic carbocycles. The molecule has 1 aromatic rings. The third-order valence-electron chi connectivity index (χ3n) is 2.47. The molecular weight excluding hydrogens is 206 g/mol. The monoisotopic (exact) mass is 221 g/mol. The Labute approximate surface area is 94.2 Å². The maximum atomic E-state index is 11.4. The number of carbonyl (C=O) groups is 1. The molecule has 1 heterocycles. The zero-order valence-corrected chi connectivity index (χ0v) is 8.93. The standard InChI is InChI=1S/C11H15N3O2/c12-11(15)14(9-4-2-1-3-5-9)10-8-13-6-7-16-10/h1-5,10,13H,6-8H2,(H2,12,15). The number of nitrogens with zero attached hydrogens (tertiary/aromatic N) is 1. The first-order valence-electron chi connectivity index (χ1n) is 5.25. The summed E-state index contributed by atoms with van der Waals surface area (Å²) in [7, 11) is 0. The molecule has 1 unspecified atom stereocenters. The second-order valence-corrected chi connectivity index (χ2v) is 3.57. The van der Waals surface area contributed by atoms with Crippen molar-refractivity contribution in [1.29, 1.82) is 0 Å². The van der Waals surface area contributed by atoms with Crippen molar-refractivity contribution in [1.82, 2.24) is 5.32 Å². The highest BCUT2D eigenvalue weighted by atomic mass is 16.5. The van der Waals surface area contributed by atoms with Gasteiger partial charge in [-0.2, -0.15) is 0 Å². The van der Waals surface area contributed by atoms with Gasteiger partial charge in [0.15, 0.2) is 6.23 Å². The molecule has 0 aliphatic carbocycles. The van der Waals surface area contributed by atoms with Gasteiger partial charge in [0, 0.05) is 18.8 Å². The number of amides is 2. The molecule has 1 aliphatic heterocycles. The van der Waals surface area contributed by atoms with Crippen molar-refractivity contribution >= 4 is 11.7 Å². The van der Waals surface area contributed by atoms with E-state index >= 15 is 0 Å². The highest BCUT2D eigenvalue weighted by molar-refractivity contribution is 5.91. The molecule has 0 saturated carbocycles. The third kappa shape index (κ3) is 2.32. The Kier molecular flexibility index (Phi) is 3.38. The lowest BCUT2D eigenvalue weighted by Gasteiger charge is -2.33. The number of para-hydroxylation sites is 1. The molecule has 1 saturated heterocycles. The largest absolute Gasteiger partial charge is 0.355 e. The summed E-state index contributed by atoms with van der Waals surface area (Å²) >= 11 is 0. The number of morpholine rings is 1. The summed E-state index contributed by atoms with van der Waals surface area (Å²) in [4.78, 5) is 12.9. The molecule has 1 fully saturated rings.